The van der Waals surface area contributed by atoms with Crippen LogP contribution in [0.25, 0.3) is 11.0 Å². The van der Waals surface area contributed by atoms with Crippen LogP contribution in [0.5, 0.6) is 0 Å². The second-order valence-corrected chi connectivity index (χ2v) is 8.70. The molecule has 8 nitrogen and oxygen atoms in total. The fourth-order valence-electron chi connectivity index (χ4n) is 3.20. The maximum absolute atomic E-state index is 12.9. The molecular formula is C20H21N3O5S. The first kappa shape index (κ1) is 19.4. The Hall–Kier alpha value is -2.91. The summed E-state index contributed by atoms with van der Waals surface area (Å²) in [7, 11) is -3.85. The number of nitrogens with one attached hydrogen (secondary N) is 1. The van der Waals surface area contributed by atoms with Gasteiger partial charge in [-0.3, -0.25) is 9.52 Å². The molecule has 9 heteroatoms. The van der Waals surface area contributed by atoms with Gasteiger partial charge in [-0.1, -0.05) is 17.3 Å². The average molecular weight is 415 g/mol. The van der Waals surface area contributed by atoms with Crippen LogP contribution in [0, 0.1) is 13.8 Å². The molecule has 0 atom stereocenters. The summed E-state index contributed by atoms with van der Waals surface area (Å²) in [4.78, 5) is 14.4. The Morgan fingerprint density at radius 3 is 2.62 bits per heavy atom. The minimum atomic E-state index is -3.85. The van der Waals surface area contributed by atoms with Crippen LogP contribution < -0.4 is 4.72 Å². The van der Waals surface area contributed by atoms with Crippen molar-refractivity contribution in [3.05, 3.63) is 53.2 Å². The number of anilines is 1. The van der Waals surface area contributed by atoms with E-state index in [1.54, 1.807) is 11.0 Å². The number of rotatable bonds is 4. The SMILES string of the molecule is Cc1ccc(C)c(NS(=O)(=O)c2ccc3onc(C(=O)N4CCOCC4)c3c2)c1. The number of benzene rings is 2. The van der Waals surface area contributed by atoms with E-state index in [4.69, 9.17) is 9.26 Å². The van der Waals surface area contributed by atoms with Crippen LogP contribution in [-0.4, -0.2) is 50.7 Å². The molecule has 1 fully saturated rings. The van der Waals surface area contributed by atoms with Crippen LogP contribution in [-0.2, 0) is 14.8 Å². The van der Waals surface area contributed by atoms with Crippen LogP contribution >= 0.6 is 0 Å². The fourth-order valence-corrected chi connectivity index (χ4v) is 4.35. The third-order valence-corrected chi connectivity index (χ3v) is 6.25. The number of hydrogen-bond donors (Lipinski definition) is 1. The first-order valence-electron chi connectivity index (χ1n) is 9.22. The van der Waals surface area contributed by atoms with E-state index < -0.39 is 10.0 Å². The van der Waals surface area contributed by atoms with Crippen molar-refractivity contribution >= 4 is 32.6 Å². The molecule has 0 unspecified atom stereocenters. The van der Waals surface area contributed by atoms with Gasteiger partial charge in [-0.2, -0.15) is 0 Å². The van der Waals surface area contributed by atoms with Gasteiger partial charge in [0.2, 0.25) is 0 Å². The van der Waals surface area contributed by atoms with E-state index in [1.165, 1.54) is 18.2 Å². The second-order valence-electron chi connectivity index (χ2n) is 7.02. The molecule has 2 heterocycles. The van der Waals surface area contributed by atoms with E-state index in [2.05, 4.69) is 9.88 Å². The lowest BCUT2D eigenvalue weighted by atomic mass is 10.1. The van der Waals surface area contributed by atoms with Gasteiger partial charge in [0.1, 0.15) is 0 Å². The van der Waals surface area contributed by atoms with E-state index in [1.807, 2.05) is 26.0 Å². The highest BCUT2D eigenvalue weighted by molar-refractivity contribution is 7.92. The molecule has 3 aromatic rings. The summed E-state index contributed by atoms with van der Waals surface area (Å²) in [6.07, 6.45) is 0. The number of hydrogen-bond acceptors (Lipinski definition) is 6. The molecule has 1 amide bonds. The molecule has 0 radical (unpaired) electrons. The Balaban J connectivity index is 1.69. The zero-order chi connectivity index (χ0) is 20.6. The number of fused-ring (bicyclic) bond motifs is 1. The molecule has 29 heavy (non-hydrogen) atoms. The molecule has 0 aliphatic carbocycles. The van der Waals surface area contributed by atoms with Crippen molar-refractivity contribution in [1.82, 2.24) is 10.1 Å². The number of carbonyl (C=O) groups excluding carboxylic acids is 1. The average Bonchev–Trinajstić information content (AvgIpc) is 3.14. The molecule has 152 valence electrons. The van der Waals surface area contributed by atoms with Crippen molar-refractivity contribution < 1.29 is 22.5 Å². The van der Waals surface area contributed by atoms with Crippen LogP contribution in [0.3, 0.4) is 0 Å². The Bertz CT molecular complexity index is 1180. The summed E-state index contributed by atoms with van der Waals surface area (Å²) in [6, 6.07) is 9.92. The van der Waals surface area contributed by atoms with Crippen molar-refractivity contribution in [3.63, 3.8) is 0 Å². The summed E-state index contributed by atoms with van der Waals surface area (Å²) >= 11 is 0. The lowest BCUT2D eigenvalue weighted by Crippen LogP contribution is -2.40. The van der Waals surface area contributed by atoms with Gasteiger partial charge in [0, 0.05) is 13.1 Å². The number of ether oxygens (including phenoxy) is 1. The van der Waals surface area contributed by atoms with Gasteiger partial charge in [0.25, 0.3) is 15.9 Å². The summed E-state index contributed by atoms with van der Waals surface area (Å²) in [5, 5.41) is 4.25. The summed E-state index contributed by atoms with van der Waals surface area (Å²) in [5.41, 5.74) is 2.73. The third kappa shape index (κ3) is 3.83. The number of carbonyl (C=O) groups is 1. The Labute approximate surface area is 168 Å². The number of nitrogens with zero attached hydrogens (tertiary/aromatic N) is 2. The Kier molecular flexibility index (Phi) is 5.01. The fraction of sp³-hybridized carbons (Fsp3) is 0.300. The van der Waals surface area contributed by atoms with Crippen LogP contribution in [0.4, 0.5) is 5.69 Å². The molecular weight excluding hydrogens is 394 g/mol. The molecule has 0 spiro atoms. The highest BCUT2D eigenvalue weighted by Crippen LogP contribution is 2.26. The predicted octanol–water partition coefficient (Wildman–Crippen LogP) is 2.72. The van der Waals surface area contributed by atoms with Crippen molar-refractivity contribution in [1.29, 1.82) is 0 Å². The third-order valence-electron chi connectivity index (χ3n) is 4.89. The number of amides is 1. The lowest BCUT2D eigenvalue weighted by Gasteiger charge is -2.25. The van der Waals surface area contributed by atoms with Crippen molar-refractivity contribution in [2.45, 2.75) is 18.7 Å². The standard InChI is InChI=1S/C20H21N3O5S/c1-13-3-4-14(2)17(11-13)22-29(25,26)15-5-6-18-16(12-15)19(21-28-18)20(24)23-7-9-27-10-8-23/h3-6,11-12,22H,7-10H2,1-2H3. The van der Waals surface area contributed by atoms with Gasteiger partial charge >= 0.3 is 0 Å². The first-order valence-corrected chi connectivity index (χ1v) is 10.7. The monoisotopic (exact) mass is 415 g/mol. The topological polar surface area (TPSA) is 102 Å². The highest BCUT2D eigenvalue weighted by atomic mass is 32.2. The maximum atomic E-state index is 12.9. The molecule has 1 aliphatic heterocycles. The van der Waals surface area contributed by atoms with E-state index in [0.717, 1.165) is 11.1 Å². The molecule has 0 bridgehead atoms. The largest absolute Gasteiger partial charge is 0.378 e. The number of morpholine rings is 1. The quantitative estimate of drug-likeness (QED) is 0.703. The van der Waals surface area contributed by atoms with Gasteiger partial charge in [-0.05, 0) is 49.2 Å². The number of sulfonamides is 1. The Morgan fingerprint density at radius 2 is 1.86 bits per heavy atom. The van der Waals surface area contributed by atoms with Crippen LogP contribution in [0.2, 0.25) is 0 Å². The minimum Gasteiger partial charge on any atom is -0.378 e. The zero-order valence-corrected chi connectivity index (χ0v) is 17.0. The maximum Gasteiger partial charge on any atom is 0.276 e. The van der Waals surface area contributed by atoms with Crippen molar-refractivity contribution in [2.75, 3.05) is 31.0 Å². The van der Waals surface area contributed by atoms with E-state index in [-0.39, 0.29) is 16.5 Å². The van der Waals surface area contributed by atoms with E-state index in [0.29, 0.717) is 43.0 Å². The van der Waals surface area contributed by atoms with Gasteiger partial charge in [0.05, 0.1) is 29.2 Å². The molecule has 2 aromatic carbocycles. The van der Waals surface area contributed by atoms with Crippen LogP contribution in [0.15, 0.2) is 45.8 Å². The second kappa shape index (κ2) is 7.49. The van der Waals surface area contributed by atoms with Crippen LogP contribution in [0.1, 0.15) is 21.6 Å². The molecule has 0 saturated carbocycles. The molecule has 4 rings (SSSR count). The van der Waals surface area contributed by atoms with Gasteiger partial charge in [-0.15, -0.1) is 0 Å². The van der Waals surface area contributed by atoms with Gasteiger partial charge in [0.15, 0.2) is 11.3 Å². The first-order chi connectivity index (χ1) is 13.8. The molecule has 1 aromatic heterocycles. The lowest BCUT2D eigenvalue weighted by molar-refractivity contribution is 0.0297. The van der Waals surface area contributed by atoms with Crippen molar-refractivity contribution in [3.8, 4) is 0 Å². The summed E-state index contributed by atoms with van der Waals surface area (Å²) in [5.74, 6) is -0.302. The molecule has 1 N–H and O–H groups in total. The number of aryl methyl sites for hydroxylation is 2. The normalized spacial score (nSPS) is 14.9. The van der Waals surface area contributed by atoms with Gasteiger partial charge < -0.3 is 14.2 Å². The summed E-state index contributed by atoms with van der Waals surface area (Å²) < 4.78 is 39.0. The Morgan fingerprint density at radius 1 is 1.10 bits per heavy atom. The zero-order valence-electron chi connectivity index (χ0n) is 16.1. The number of aromatic nitrogens is 1. The molecule has 1 aliphatic rings. The highest BCUT2D eigenvalue weighted by Gasteiger charge is 2.25. The summed E-state index contributed by atoms with van der Waals surface area (Å²) in [6.45, 7) is 5.56. The van der Waals surface area contributed by atoms with E-state index >= 15 is 0 Å². The van der Waals surface area contributed by atoms with Crippen molar-refractivity contribution in [2.24, 2.45) is 0 Å². The van der Waals surface area contributed by atoms with E-state index in [9.17, 15) is 13.2 Å². The minimum absolute atomic E-state index is 0.0325. The smallest absolute Gasteiger partial charge is 0.276 e. The predicted molar refractivity (Wildman–Crippen MR) is 107 cm³/mol. The van der Waals surface area contributed by atoms with Gasteiger partial charge in [-0.25, -0.2) is 8.42 Å². The molecule has 1 saturated heterocycles.